The molecule has 0 fully saturated rings. The van der Waals surface area contributed by atoms with Crippen LogP contribution in [0.1, 0.15) is 12.8 Å². The van der Waals surface area contributed by atoms with E-state index in [0.717, 1.165) is 0 Å². The molecule has 29 heteroatoms. The fraction of sp³-hybridized carbons (Fsp3) is 0.963. The largest absolute Gasteiger partial charge is 0.481 e. The summed E-state index contributed by atoms with van der Waals surface area (Å²) in [6.07, 6.45) is 0.242. The molecule has 0 saturated carbocycles. The highest BCUT2D eigenvalue weighted by atomic mass is 16.6. The van der Waals surface area contributed by atoms with Crippen molar-refractivity contribution >= 4 is 11.9 Å². The van der Waals surface area contributed by atoms with Gasteiger partial charge in [-0.15, -0.1) is 0 Å². The first-order valence-corrected chi connectivity index (χ1v) is 29.2. The zero-order valence-electron chi connectivity index (χ0n) is 49.9. The molecule has 0 saturated heterocycles. The summed E-state index contributed by atoms with van der Waals surface area (Å²) in [4.78, 5) is 22.4. The molecule has 0 aromatic carbocycles. The Kier molecular flexibility index (Phi) is 74.2. The summed E-state index contributed by atoms with van der Waals surface area (Å²) < 4.78 is 131. The van der Waals surface area contributed by atoms with Crippen LogP contribution in [0.3, 0.4) is 0 Å². The second-order valence-corrected chi connectivity index (χ2v) is 16.7. The van der Waals surface area contributed by atoms with Gasteiger partial charge in [-0.2, -0.15) is 0 Å². The van der Waals surface area contributed by atoms with Crippen molar-refractivity contribution in [3.63, 3.8) is 0 Å². The van der Waals surface area contributed by atoms with Gasteiger partial charge in [-0.1, -0.05) is 0 Å². The highest BCUT2D eigenvalue weighted by Gasteiger charge is 2.03. The first-order chi connectivity index (χ1) is 41.2. The summed E-state index contributed by atoms with van der Waals surface area (Å²) in [7, 11) is 0. The van der Waals surface area contributed by atoms with E-state index in [0.29, 0.717) is 324 Å². The van der Waals surface area contributed by atoms with Gasteiger partial charge >= 0.3 is 5.97 Å². The highest BCUT2D eigenvalue weighted by Crippen LogP contribution is 1.92. The second kappa shape index (κ2) is 76.0. The maximum atomic E-state index is 12.0. The van der Waals surface area contributed by atoms with Crippen LogP contribution in [0.25, 0.3) is 0 Å². The number of carbonyl (C=O) groups excluding carboxylic acids is 1. The summed E-state index contributed by atoms with van der Waals surface area (Å²) in [5.41, 5.74) is 5.34. The predicted octanol–water partition coefficient (Wildman–Crippen LogP) is -0.676. The molecule has 496 valence electrons. The highest BCUT2D eigenvalue weighted by molar-refractivity contribution is 5.75. The topological polar surface area (TPSA) is 314 Å². The number of aliphatic carboxylic acids is 1. The Bertz CT molecular complexity index is 1230. The van der Waals surface area contributed by atoms with Crippen molar-refractivity contribution in [3.8, 4) is 0 Å². The Morgan fingerprint density at radius 2 is 0.361 bits per heavy atom. The lowest BCUT2D eigenvalue weighted by Crippen LogP contribution is -2.28. The van der Waals surface area contributed by atoms with Crippen molar-refractivity contribution in [1.29, 1.82) is 0 Å². The van der Waals surface area contributed by atoms with Gasteiger partial charge in [-0.25, -0.2) is 0 Å². The Labute approximate surface area is 493 Å². The molecule has 0 aliphatic heterocycles. The number of amides is 1. The monoisotopic (exact) mass is 1220 g/mol. The molecule has 1 amide bonds. The van der Waals surface area contributed by atoms with Crippen LogP contribution < -0.4 is 11.1 Å². The SMILES string of the molecule is NCCOCCOCCOCCOCCOCCOCCOCCOCCOCCOCCOCCOCCC(=O)NCCOCCOCCOCCOCCOCCOCCOCCOCCOCCOCCOCCOCCC(=O)O. The van der Waals surface area contributed by atoms with Gasteiger partial charge in [0, 0.05) is 19.5 Å². The molecule has 4 N–H and O–H groups in total. The minimum Gasteiger partial charge on any atom is -0.481 e. The number of hydrogen-bond acceptors (Lipinski definition) is 27. The smallest absolute Gasteiger partial charge is 0.305 e. The van der Waals surface area contributed by atoms with Crippen LogP contribution in [-0.2, 0) is 123 Å². The average Bonchev–Trinajstić information content (AvgIpc) is 3.48. The van der Waals surface area contributed by atoms with E-state index in [1.807, 2.05) is 0 Å². The van der Waals surface area contributed by atoms with Gasteiger partial charge in [-0.05, 0) is 0 Å². The van der Waals surface area contributed by atoms with E-state index in [4.69, 9.17) is 125 Å². The van der Waals surface area contributed by atoms with E-state index in [9.17, 15) is 9.59 Å². The molecule has 0 aromatic rings. The van der Waals surface area contributed by atoms with Gasteiger partial charge in [-0.3, -0.25) is 9.59 Å². The van der Waals surface area contributed by atoms with E-state index >= 15 is 0 Å². The number of ether oxygens (including phenoxy) is 24. The maximum absolute atomic E-state index is 12.0. The van der Waals surface area contributed by atoms with Crippen molar-refractivity contribution in [2.75, 3.05) is 330 Å². The fourth-order valence-corrected chi connectivity index (χ4v) is 5.80. The molecule has 0 unspecified atom stereocenters. The third-order valence-corrected chi connectivity index (χ3v) is 9.95. The van der Waals surface area contributed by atoms with Gasteiger partial charge in [0.05, 0.1) is 324 Å². The van der Waals surface area contributed by atoms with E-state index in [1.165, 1.54) is 0 Å². The molecule has 0 heterocycles. The quantitative estimate of drug-likeness (QED) is 0.0636. The molecule has 0 aromatic heterocycles. The zero-order valence-corrected chi connectivity index (χ0v) is 49.9. The van der Waals surface area contributed by atoms with Crippen LogP contribution in [0.5, 0.6) is 0 Å². The lowest BCUT2D eigenvalue weighted by molar-refractivity contribution is -0.138. The van der Waals surface area contributed by atoms with E-state index in [-0.39, 0.29) is 25.4 Å². The molecule has 83 heavy (non-hydrogen) atoms. The summed E-state index contributed by atoms with van der Waals surface area (Å²) in [6.45, 7) is 22.8. The maximum Gasteiger partial charge on any atom is 0.305 e. The third-order valence-electron chi connectivity index (χ3n) is 9.95. The molecule has 0 atom stereocenters. The van der Waals surface area contributed by atoms with Crippen molar-refractivity contribution in [2.45, 2.75) is 12.8 Å². The first-order valence-electron chi connectivity index (χ1n) is 29.2. The van der Waals surface area contributed by atoms with Gasteiger partial charge in [0.25, 0.3) is 0 Å². The first kappa shape index (κ1) is 80.9. The summed E-state index contributed by atoms with van der Waals surface area (Å²) >= 11 is 0. The molecule has 0 radical (unpaired) electrons. The van der Waals surface area contributed by atoms with E-state index in [1.54, 1.807) is 0 Å². The van der Waals surface area contributed by atoms with Crippen LogP contribution in [0.4, 0.5) is 0 Å². The number of carboxylic acid groups (broad SMARTS) is 1. The number of rotatable bonds is 77. The normalized spacial score (nSPS) is 11.6. The second-order valence-electron chi connectivity index (χ2n) is 16.7. The molecular formula is C54H108N2O27. The van der Waals surface area contributed by atoms with Gasteiger partial charge in [0.1, 0.15) is 0 Å². The summed E-state index contributed by atoms with van der Waals surface area (Å²) in [6, 6.07) is 0. The van der Waals surface area contributed by atoms with Gasteiger partial charge in [0.15, 0.2) is 0 Å². The third kappa shape index (κ3) is 77.9. The van der Waals surface area contributed by atoms with Crippen LogP contribution in [-0.4, -0.2) is 347 Å². The van der Waals surface area contributed by atoms with E-state index < -0.39 is 5.97 Å². The van der Waals surface area contributed by atoms with Gasteiger partial charge < -0.3 is 130 Å². The molecule has 0 rings (SSSR count). The standard InChI is InChI=1S/C54H108N2O27/c55-3-7-62-11-15-66-19-23-70-27-31-74-35-39-78-43-47-82-51-49-80-45-41-76-37-33-72-29-25-68-21-17-64-13-9-60-5-1-53(57)56-4-8-63-12-16-67-20-24-71-28-32-75-36-40-79-44-48-83-52-50-81-46-42-77-38-34-73-30-26-69-22-18-65-14-10-61-6-2-54(58)59/h1-52,55H2,(H,56,57)(H,58,59). The Balaban J connectivity index is 3.14. The number of hydrogen-bond donors (Lipinski definition) is 3. The molecule has 29 nitrogen and oxygen atoms in total. The predicted molar refractivity (Wildman–Crippen MR) is 299 cm³/mol. The summed E-state index contributed by atoms with van der Waals surface area (Å²) in [5, 5.41) is 11.3. The van der Waals surface area contributed by atoms with Crippen LogP contribution in [0.2, 0.25) is 0 Å². The lowest BCUT2D eigenvalue weighted by atomic mass is 10.4. The number of carboxylic acids is 1. The minimum atomic E-state index is -0.882. The van der Waals surface area contributed by atoms with Crippen molar-refractivity contribution in [2.24, 2.45) is 5.73 Å². The fourth-order valence-electron chi connectivity index (χ4n) is 5.80. The molecule has 0 bridgehead atoms. The molecule has 0 aliphatic rings. The van der Waals surface area contributed by atoms with E-state index in [2.05, 4.69) is 5.32 Å². The van der Waals surface area contributed by atoms with Gasteiger partial charge in [0.2, 0.25) is 5.91 Å². The molecular weight excluding hydrogens is 1110 g/mol. The number of nitrogens with two attached hydrogens (primary N) is 1. The van der Waals surface area contributed by atoms with Crippen LogP contribution >= 0.6 is 0 Å². The number of carbonyl (C=O) groups is 2. The zero-order chi connectivity index (χ0) is 59.6. The van der Waals surface area contributed by atoms with Crippen LogP contribution in [0, 0.1) is 0 Å². The summed E-state index contributed by atoms with van der Waals surface area (Å²) in [5.74, 6) is -0.989. The van der Waals surface area contributed by atoms with Crippen molar-refractivity contribution in [3.05, 3.63) is 0 Å². The average molecular weight is 1220 g/mol. The Morgan fingerprint density at radius 1 is 0.217 bits per heavy atom. The Hall–Kier alpha value is -2.06. The molecule has 0 aliphatic carbocycles. The van der Waals surface area contributed by atoms with Crippen LogP contribution in [0.15, 0.2) is 0 Å². The van der Waals surface area contributed by atoms with Crippen molar-refractivity contribution < 1.29 is 128 Å². The minimum absolute atomic E-state index is 0.0124. The Morgan fingerprint density at radius 3 is 0.530 bits per heavy atom. The number of nitrogens with one attached hydrogen (secondary N) is 1. The lowest BCUT2D eigenvalue weighted by Gasteiger charge is -2.09. The van der Waals surface area contributed by atoms with Crippen molar-refractivity contribution in [1.82, 2.24) is 5.32 Å². The molecule has 0 spiro atoms.